The summed E-state index contributed by atoms with van der Waals surface area (Å²) in [5.74, 6) is -1.46. The molecule has 2 aromatic rings. The molecule has 1 aliphatic heterocycles. The first-order valence-electron chi connectivity index (χ1n) is 7.57. The standard InChI is InChI=1S/C18H16BrFN2O2/c1-11-2-5-14(6-3-11)22-10-12(8-17(22)23)18(24)21-16-7-4-13(19)9-15(16)20/h2-7,9,12H,8,10H2,1H3,(H,21,24). The maximum Gasteiger partial charge on any atom is 0.229 e. The monoisotopic (exact) mass is 390 g/mol. The Labute approximate surface area is 147 Å². The van der Waals surface area contributed by atoms with Gasteiger partial charge in [-0.05, 0) is 37.3 Å². The van der Waals surface area contributed by atoms with Gasteiger partial charge in [0.1, 0.15) is 5.82 Å². The maximum atomic E-state index is 13.8. The topological polar surface area (TPSA) is 49.4 Å². The van der Waals surface area contributed by atoms with Gasteiger partial charge in [0.05, 0.1) is 11.6 Å². The molecule has 2 amide bonds. The lowest BCUT2D eigenvalue weighted by Gasteiger charge is -2.17. The predicted molar refractivity (Wildman–Crippen MR) is 94.4 cm³/mol. The van der Waals surface area contributed by atoms with E-state index in [1.807, 2.05) is 31.2 Å². The lowest BCUT2D eigenvalue weighted by molar-refractivity contribution is -0.122. The van der Waals surface area contributed by atoms with E-state index in [2.05, 4.69) is 21.2 Å². The molecule has 3 rings (SSSR count). The van der Waals surface area contributed by atoms with Crippen molar-refractivity contribution in [2.24, 2.45) is 5.92 Å². The van der Waals surface area contributed by atoms with E-state index >= 15 is 0 Å². The average molecular weight is 391 g/mol. The second kappa shape index (κ2) is 6.73. The molecular formula is C18H16BrFN2O2. The third kappa shape index (κ3) is 3.48. The second-order valence-electron chi connectivity index (χ2n) is 5.85. The molecule has 1 N–H and O–H groups in total. The van der Waals surface area contributed by atoms with Crippen LogP contribution < -0.4 is 10.2 Å². The van der Waals surface area contributed by atoms with E-state index in [0.29, 0.717) is 11.0 Å². The van der Waals surface area contributed by atoms with Crippen LogP contribution in [0.3, 0.4) is 0 Å². The molecule has 1 unspecified atom stereocenters. The zero-order chi connectivity index (χ0) is 17.3. The second-order valence-corrected chi connectivity index (χ2v) is 6.77. The van der Waals surface area contributed by atoms with E-state index in [1.54, 1.807) is 11.0 Å². The predicted octanol–water partition coefficient (Wildman–Crippen LogP) is 3.89. The van der Waals surface area contributed by atoms with Crippen molar-refractivity contribution >= 4 is 39.1 Å². The van der Waals surface area contributed by atoms with Crippen molar-refractivity contribution in [2.45, 2.75) is 13.3 Å². The minimum absolute atomic E-state index is 0.102. The van der Waals surface area contributed by atoms with E-state index in [1.165, 1.54) is 12.1 Å². The fourth-order valence-corrected chi connectivity index (χ4v) is 3.02. The van der Waals surface area contributed by atoms with E-state index in [4.69, 9.17) is 0 Å². The third-order valence-corrected chi connectivity index (χ3v) is 4.52. The Morgan fingerprint density at radius 3 is 2.62 bits per heavy atom. The number of nitrogens with one attached hydrogen (secondary N) is 1. The minimum Gasteiger partial charge on any atom is -0.323 e. The minimum atomic E-state index is -0.516. The van der Waals surface area contributed by atoms with Crippen LogP contribution in [0.4, 0.5) is 15.8 Å². The summed E-state index contributed by atoms with van der Waals surface area (Å²) in [5, 5.41) is 2.57. The van der Waals surface area contributed by atoms with Crippen molar-refractivity contribution in [3.05, 3.63) is 58.3 Å². The Morgan fingerprint density at radius 2 is 1.96 bits per heavy atom. The highest BCUT2D eigenvalue weighted by Gasteiger charge is 2.35. The number of amides is 2. The highest BCUT2D eigenvalue weighted by atomic mass is 79.9. The van der Waals surface area contributed by atoms with Gasteiger partial charge in [-0.2, -0.15) is 0 Å². The number of carbonyl (C=O) groups excluding carboxylic acids is 2. The number of aryl methyl sites for hydroxylation is 1. The zero-order valence-corrected chi connectivity index (χ0v) is 14.6. The van der Waals surface area contributed by atoms with Crippen LogP contribution in [-0.4, -0.2) is 18.4 Å². The van der Waals surface area contributed by atoms with Crippen molar-refractivity contribution in [2.75, 3.05) is 16.8 Å². The van der Waals surface area contributed by atoms with Crippen LogP contribution in [0.2, 0.25) is 0 Å². The highest BCUT2D eigenvalue weighted by Crippen LogP contribution is 2.27. The Kier molecular flexibility index (Phi) is 4.66. The summed E-state index contributed by atoms with van der Waals surface area (Å²) >= 11 is 3.17. The molecule has 1 fully saturated rings. The summed E-state index contributed by atoms with van der Waals surface area (Å²) in [6.45, 7) is 2.27. The number of benzene rings is 2. The number of nitrogens with zero attached hydrogens (tertiary/aromatic N) is 1. The molecule has 0 radical (unpaired) electrons. The van der Waals surface area contributed by atoms with Gasteiger partial charge in [-0.3, -0.25) is 9.59 Å². The Morgan fingerprint density at radius 1 is 1.25 bits per heavy atom. The van der Waals surface area contributed by atoms with Crippen molar-refractivity contribution in [1.82, 2.24) is 0 Å². The van der Waals surface area contributed by atoms with E-state index < -0.39 is 11.7 Å². The lowest BCUT2D eigenvalue weighted by atomic mass is 10.1. The molecule has 0 spiro atoms. The SMILES string of the molecule is Cc1ccc(N2CC(C(=O)Nc3ccc(Br)cc3F)CC2=O)cc1. The molecule has 1 saturated heterocycles. The maximum absolute atomic E-state index is 13.8. The highest BCUT2D eigenvalue weighted by molar-refractivity contribution is 9.10. The Balaban J connectivity index is 1.70. The smallest absolute Gasteiger partial charge is 0.229 e. The first-order chi connectivity index (χ1) is 11.4. The molecule has 6 heteroatoms. The zero-order valence-electron chi connectivity index (χ0n) is 13.1. The number of rotatable bonds is 3. The van der Waals surface area contributed by atoms with Crippen molar-refractivity contribution < 1.29 is 14.0 Å². The molecule has 2 aromatic carbocycles. The molecule has 0 aromatic heterocycles. The number of hydrogen-bond acceptors (Lipinski definition) is 2. The number of anilines is 2. The molecule has 0 bridgehead atoms. The summed E-state index contributed by atoms with van der Waals surface area (Å²) < 4.78 is 14.4. The van der Waals surface area contributed by atoms with Gasteiger partial charge in [0.25, 0.3) is 0 Å². The van der Waals surface area contributed by atoms with Gasteiger partial charge in [-0.15, -0.1) is 0 Å². The van der Waals surface area contributed by atoms with Crippen LogP contribution in [-0.2, 0) is 9.59 Å². The van der Waals surface area contributed by atoms with Gasteiger partial charge in [0, 0.05) is 23.1 Å². The van der Waals surface area contributed by atoms with Gasteiger partial charge in [0.15, 0.2) is 0 Å². The number of halogens is 2. The molecule has 1 aliphatic rings. The van der Waals surface area contributed by atoms with Crippen molar-refractivity contribution in [3.8, 4) is 0 Å². The largest absolute Gasteiger partial charge is 0.323 e. The fraction of sp³-hybridized carbons (Fsp3) is 0.222. The van der Waals surface area contributed by atoms with Gasteiger partial charge < -0.3 is 10.2 Å². The summed E-state index contributed by atoms with van der Waals surface area (Å²) in [4.78, 5) is 26.2. The summed E-state index contributed by atoms with van der Waals surface area (Å²) in [6, 6.07) is 12.0. The lowest BCUT2D eigenvalue weighted by Crippen LogP contribution is -2.28. The van der Waals surface area contributed by atoms with Crippen molar-refractivity contribution in [1.29, 1.82) is 0 Å². The summed E-state index contributed by atoms with van der Waals surface area (Å²) in [6.07, 6.45) is 0.123. The van der Waals surface area contributed by atoms with Gasteiger partial charge in [-0.25, -0.2) is 4.39 Å². The first-order valence-corrected chi connectivity index (χ1v) is 8.36. The molecule has 0 aliphatic carbocycles. The van der Waals surface area contributed by atoms with Crippen LogP contribution in [0.25, 0.3) is 0 Å². The van der Waals surface area contributed by atoms with Gasteiger partial charge in [0.2, 0.25) is 11.8 Å². The average Bonchev–Trinajstić information content (AvgIpc) is 2.93. The molecule has 24 heavy (non-hydrogen) atoms. The molecular weight excluding hydrogens is 375 g/mol. The molecule has 0 saturated carbocycles. The first kappa shape index (κ1) is 16.6. The molecule has 4 nitrogen and oxygen atoms in total. The third-order valence-electron chi connectivity index (χ3n) is 4.03. The van der Waals surface area contributed by atoms with E-state index in [0.717, 1.165) is 11.3 Å². The quantitative estimate of drug-likeness (QED) is 0.863. The molecule has 1 heterocycles. The molecule has 124 valence electrons. The van der Waals surface area contributed by atoms with Crippen LogP contribution in [0.1, 0.15) is 12.0 Å². The number of carbonyl (C=O) groups is 2. The number of hydrogen-bond donors (Lipinski definition) is 1. The summed E-state index contributed by atoms with van der Waals surface area (Å²) in [5.41, 5.74) is 1.99. The van der Waals surface area contributed by atoms with E-state index in [9.17, 15) is 14.0 Å². The normalized spacial score (nSPS) is 17.2. The van der Waals surface area contributed by atoms with Gasteiger partial charge in [-0.1, -0.05) is 33.6 Å². The van der Waals surface area contributed by atoms with Crippen LogP contribution in [0.5, 0.6) is 0 Å². The van der Waals surface area contributed by atoms with Gasteiger partial charge >= 0.3 is 0 Å². The summed E-state index contributed by atoms with van der Waals surface area (Å²) in [7, 11) is 0. The van der Waals surface area contributed by atoms with Crippen molar-refractivity contribution in [3.63, 3.8) is 0 Å². The molecule has 1 atom stereocenters. The Hall–Kier alpha value is -2.21. The van der Waals surface area contributed by atoms with Crippen LogP contribution in [0, 0.1) is 18.7 Å². The van der Waals surface area contributed by atoms with Crippen LogP contribution in [0.15, 0.2) is 46.9 Å². The van der Waals surface area contributed by atoms with Crippen LogP contribution >= 0.6 is 15.9 Å². The van der Waals surface area contributed by atoms with E-state index in [-0.39, 0.29) is 23.9 Å². The Bertz CT molecular complexity index is 792. The fourth-order valence-electron chi connectivity index (χ4n) is 2.68.